The van der Waals surface area contributed by atoms with Gasteiger partial charge in [-0.25, -0.2) is 0 Å². The summed E-state index contributed by atoms with van der Waals surface area (Å²) in [4.78, 5) is 12.0. The maximum atomic E-state index is 12.0. The van der Waals surface area contributed by atoms with Crippen LogP contribution in [0.25, 0.3) is 6.08 Å². The largest absolute Gasteiger partial charge is 0.508 e. The summed E-state index contributed by atoms with van der Waals surface area (Å²) in [6.45, 7) is 1.95. The fraction of sp³-hybridized carbons (Fsp3) is 0.118. The van der Waals surface area contributed by atoms with E-state index in [0.29, 0.717) is 5.56 Å². The highest BCUT2D eigenvalue weighted by molar-refractivity contribution is 6.07. The molecule has 0 bridgehead atoms. The summed E-state index contributed by atoms with van der Waals surface area (Å²) in [6.07, 6.45) is 3.24. The third-order valence-electron chi connectivity index (χ3n) is 2.98. The Morgan fingerprint density at radius 3 is 2.65 bits per heavy atom. The summed E-state index contributed by atoms with van der Waals surface area (Å²) in [6, 6.07) is 12.0. The number of ketones is 1. The van der Waals surface area contributed by atoms with Crippen LogP contribution >= 0.6 is 0 Å². The molecule has 0 atom stereocenters. The molecule has 0 amide bonds. The maximum absolute atomic E-state index is 12.0. The number of carbonyl (C=O) groups is 1. The number of hydrogen-bond donors (Lipinski definition) is 1. The first kappa shape index (κ1) is 13.9. The number of aromatic hydroxyl groups is 1. The maximum Gasteiger partial charge on any atom is 0.185 e. The molecule has 0 fully saturated rings. The summed E-state index contributed by atoms with van der Waals surface area (Å²) < 4.78 is 5.19. The number of phenols is 1. The first-order valence-electron chi connectivity index (χ1n) is 6.26. The predicted octanol–water partition coefficient (Wildman–Crippen LogP) is 3.61. The monoisotopic (exact) mass is 268 g/mol. The van der Waals surface area contributed by atoms with E-state index in [0.717, 1.165) is 16.9 Å². The molecule has 102 valence electrons. The Bertz CT molecular complexity index is 657. The minimum absolute atomic E-state index is 0.0875. The Morgan fingerprint density at radius 2 is 2.00 bits per heavy atom. The Kier molecular flexibility index (Phi) is 4.20. The van der Waals surface area contributed by atoms with Crippen molar-refractivity contribution in [3.05, 3.63) is 65.2 Å². The van der Waals surface area contributed by atoms with Crippen LogP contribution in [0.3, 0.4) is 0 Å². The van der Waals surface area contributed by atoms with Crippen LogP contribution in [0.1, 0.15) is 21.5 Å². The summed E-state index contributed by atoms with van der Waals surface area (Å²) in [5, 5.41) is 9.35. The van der Waals surface area contributed by atoms with Gasteiger partial charge in [0.25, 0.3) is 0 Å². The van der Waals surface area contributed by atoms with Crippen molar-refractivity contribution in [2.24, 2.45) is 0 Å². The lowest BCUT2D eigenvalue weighted by Gasteiger charge is -2.04. The molecule has 0 saturated heterocycles. The molecule has 3 nitrogen and oxygen atoms in total. The molecule has 2 aromatic rings. The van der Waals surface area contributed by atoms with Gasteiger partial charge in [0.2, 0.25) is 0 Å². The first-order chi connectivity index (χ1) is 9.60. The molecule has 3 heteroatoms. The van der Waals surface area contributed by atoms with Gasteiger partial charge in [0.05, 0.1) is 7.11 Å². The number of allylic oxidation sites excluding steroid dienone is 1. The zero-order valence-electron chi connectivity index (χ0n) is 11.5. The number of phenolic OH excluding ortho intramolecular Hbond substituents is 1. The number of ether oxygens (including phenoxy) is 1. The van der Waals surface area contributed by atoms with Gasteiger partial charge in [-0.3, -0.25) is 4.79 Å². The van der Waals surface area contributed by atoms with E-state index in [1.54, 1.807) is 25.3 Å². The van der Waals surface area contributed by atoms with Crippen molar-refractivity contribution in [3.8, 4) is 11.5 Å². The van der Waals surface area contributed by atoms with Crippen molar-refractivity contribution in [1.82, 2.24) is 0 Å². The highest BCUT2D eigenvalue weighted by Gasteiger charge is 2.03. The van der Waals surface area contributed by atoms with Gasteiger partial charge in [0.15, 0.2) is 5.78 Å². The summed E-state index contributed by atoms with van der Waals surface area (Å²) in [5.74, 6) is 0.764. The van der Waals surface area contributed by atoms with Gasteiger partial charge in [0, 0.05) is 5.56 Å². The van der Waals surface area contributed by atoms with Crippen molar-refractivity contribution < 1.29 is 14.6 Å². The van der Waals surface area contributed by atoms with E-state index < -0.39 is 0 Å². The number of hydrogen-bond acceptors (Lipinski definition) is 3. The van der Waals surface area contributed by atoms with Gasteiger partial charge in [-0.05, 0) is 48.4 Å². The molecule has 0 heterocycles. The normalized spacial score (nSPS) is 10.7. The fourth-order valence-corrected chi connectivity index (χ4v) is 1.93. The quantitative estimate of drug-likeness (QED) is 0.680. The van der Waals surface area contributed by atoms with Crippen molar-refractivity contribution in [3.63, 3.8) is 0 Å². The smallest absolute Gasteiger partial charge is 0.185 e. The second-order valence-electron chi connectivity index (χ2n) is 4.48. The van der Waals surface area contributed by atoms with E-state index in [4.69, 9.17) is 4.74 Å². The molecule has 0 radical (unpaired) electrons. The summed E-state index contributed by atoms with van der Waals surface area (Å²) in [7, 11) is 1.63. The van der Waals surface area contributed by atoms with Crippen molar-refractivity contribution >= 4 is 11.9 Å². The zero-order valence-corrected chi connectivity index (χ0v) is 11.5. The SMILES string of the molecule is COc1ccc(/C=C/C(=O)c2cccc(O)c2)cc1C. The zero-order chi connectivity index (χ0) is 14.5. The van der Waals surface area contributed by atoms with Crippen LogP contribution in [-0.4, -0.2) is 18.0 Å². The van der Waals surface area contributed by atoms with Crippen molar-refractivity contribution in [2.45, 2.75) is 6.92 Å². The lowest BCUT2D eigenvalue weighted by atomic mass is 10.1. The van der Waals surface area contributed by atoms with E-state index in [-0.39, 0.29) is 11.5 Å². The molecule has 2 rings (SSSR count). The number of benzene rings is 2. The highest BCUT2D eigenvalue weighted by Crippen LogP contribution is 2.19. The number of rotatable bonds is 4. The molecule has 0 spiro atoms. The predicted molar refractivity (Wildman–Crippen MR) is 79.2 cm³/mol. The molecule has 0 aliphatic heterocycles. The molecule has 0 saturated carbocycles. The molecule has 0 unspecified atom stereocenters. The highest BCUT2D eigenvalue weighted by atomic mass is 16.5. The molecule has 0 aliphatic rings. The second kappa shape index (κ2) is 6.06. The van der Waals surface area contributed by atoms with Gasteiger partial charge in [-0.2, -0.15) is 0 Å². The molecule has 20 heavy (non-hydrogen) atoms. The van der Waals surface area contributed by atoms with Crippen LogP contribution in [-0.2, 0) is 0 Å². The fourth-order valence-electron chi connectivity index (χ4n) is 1.93. The molecular formula is C17H16O3. The minimum atomic E-state index is -0.144. The molecule has 2 aromatic carbocycles. The third-order valence-corrected chi connectivity index (χ3v) is 2.98. The molecular weight excluding hydrogens is 252 g/mol. The number of carbonyl (C=O) groups excluding carboxylic acids is 1. The van der Waals surface area contributed by atoms with E-state index in [2.05, 4.69) is 0 Å². The van der Waals surface area contributed by atoms with Crippen molar-refractivity contribution in [1.29, 1.82) is 0 Å². The molecule has 0 aromatic heterocycles. The number of aryl methyl sites for hydroxylation is 1. The lowest BCUT2D eigenvalue weighted by molar-refractivity contribution is 0.104. The van der Waals surface area contributed by atoms with Crippen molar-refractivity contribution in [2.75, 3.05) is 7.11 Å². The van der Waals surface area contributed by atoms with Gasteiger partial charge in [-0.1, -0.05) is 24.3 Å². The Labute approximate surface area is 118 Å². The topological polar surface area (TPSA) is 46.5 Å². The average Bonchev–Trinajstić information content (AvgIpc) is 2.45. The molecule has 0 aliphatic carbocycles. The van der Waals surface area contributed by atoms with E-state index >= 15 is 0 Å². The molecule has 1 N–H and O–H groups in total. The Balaban J connectivity index is 2.17. The summed E-state index contributed by atoms with van der Waals surface area (Å²) >= 11 is 0. The van der Waals surface area contributed by atoms with Gasteiger partial charge in [0.1, 0.15) is 11.5 Å². The van der Waals surface area contributed by atoms with Crippen LogP contribution in [0.15, 0.2) is 48.5 Å². The minimum Gasteiger partial charge on any atom is -0.508 e. The second-order valence-corrected chi connectivity index (χ2v) is 4.48. The van der Waals surface area contributed by atoms with Crippen LogP contribution in [0.2, 0.25) is 0 Å². The Morgan fingerprint density at radius 1 is 1.20 bits per heavy atom. The first-order valence-corrected chi connectivity index (χ1v) is 6.26. The van der Waals surface area contributed by atoms with Gasteiger partial charge < -0.3 is 9.84 Å². The van der Waals surface area contributed by atoms with E-state index in [9.17, 15) is 9.90 Å². The van der Waals surface area contributed by atoms with E-state index in [1.807, 2.05) is 25.1 Å². The average molecular weight is 268 g/mol. The standard InChI is InChI=1S/C17H16O3/c1-12-10-13(7-9-17(12)20-2)6-8-16(19)14-4-3-5-15(18)11-14/h3-11,18H,1-2H3/b8-6+. The van der Waals surface area contributed by atoms with Crippen LogP contribution in [0, 0.1) is 6.92 Å². The van der Waals surface area contributed by atoms with E-state index in [1.165, 1.54) is 18.2 Å². The summed E-state index contributed by atoms with van der Waals surface area (Å²) in [5.41, 5.74) is 2.41. The van der Waals surface area contributed by atoms with Gasteiger partial charge >= 0.3 is 0 Å². The lowest BCUT2D eigenvalue weighted by Crippen LogP contribution is -1.93. The van der Waals surface area contributed by atoms with Crippen LogP contribution < -0.4 is 4.74 Å². The van der Waals surface area contributed by atoms with Gasteiger partial charge in [-0.15, -0.1) is 0 Å². The van der Waals surface area contributed by atoms with Crippen LogP contribution in [0.5, 0.6) is 11.5 Å². The number of methoxy groups -OCH3 is 1. The Hall–Kier alpha value is -2.55. The van der Waals surface area contributed by atoms with Crippen LogP contribution in [0.4, 0.5) is 0 Å². The third kappa shape index (κ3) is 3.26.